The van der Waals surface area contributed by atoms with Crippen LogP contribution in [0.15, 0.2) is 36.7 Å². The maximum Gasteiger partial charge on any atom is 0.0967 e. The van der Waals surface area contributed by atoms with Crippen molar-refractivity contribution in [1.82, 2.24) is 9.97 Å². The zero-order chi connectivity index (χ0) is 11.1. The molecule has 2 heterocycles. The van der Waals surface area contributed by atoms with Crippen LogP contribution >= 0.6 is 0 Å². The third kappa shape index (κ3) is 1.20. The highest BCUT2D eigenvalue weighted by atomic mass is 14.7. The molecule has 0 atom stereocenters. The Labute approximate surface area is 94.0 Å². The lowest BCUT2D eigenvalue weighted by molar-refractivity contribution is 1.28. The summed E-state index contributed by atoms with van der Waals surface area (Å²) in [6.45, 7) is 4.22. The van der Waals surface area contributed by atoms with Gasteiger partial charge in [0.05, 0.1) is 11.0 Å². The highest BCUT2D eigenvalue weighted by Gasteiger charge is 2.05. The fourth-order valence-electron chi connectivity index (χ4n) is 2.03. The molecule has 0 spiro atoms. The number of fused-ring (bicyclic) bond motifs is 3. The van der Waals surface area contributed by atoms with E-state index in [1.54, 1.807) is 0 Å². The molecule has 2 heteroatoms. The predicted octanol–water partition coefficient (Wildman–Crippen LogP) is 3.40. The fourth-order valence-corrected chi connectivity index (χ4v) is 2.03. The summed E-state index contributed by atoms with van der Waals surface area (Å²) < 4.78 is 0. The van der Waals surface area contributed by atoms with E-state index < -0.39 is 0 Å². The van der Waals surface area contributed by atoms with Crippen molar-refractivity contribution in [1.29, 1.82) is 0 Å². The average Bonchev–Trinajstić information content (AvgIpc) is 2.33. The summed E-state index contributed by atoms with van der Waals surface area (Å²) >= 11 is 0. The Kier molecular flexibility index (Phi) is 1.90. The second kappa shape index (κ2) is 3.27. The number of nitrogens with zero attached hydrogens (tertiary/aromatic N) is 2. The van der Waals surface area contributed by atoms with E-state index in [4.69, 9.17) is 0 Å². The smallest absolute Gasteiger partial charge is 0.0967 e. The number of aromatic nitrogens is 2. The molecule has 78 valence electrons. The molecule has 0 N–H and O–H groups in total. The third-order valence-electron chi connectivity index (χ3n) is 3.13. The van der Waals surface area contributed by atoms with Gasteiger partial charge in [0.1, 0.15) is 0 Å². The van der Waals surface area contributed by atoms with Gasteiger partial charge in [0.25, 0.3) is 0 Å². The quantitative estimate of drug-likeness (QED) is 0.529. The maximum absolute atomic E-state index is 4.51. The van der Waals surface area contributed by atoms with Crippen molar-refractivity contribution < 1.29 is 0 Å². The Morgan fingerprint density at radius 2 is 1.81 bits per heavy atom. The molecule has 0 aliphatic heterocycles. The van der Waals surface area contributed by atoms with Crippen LogP contribution in [0, 0.1) is 13.8 Å². The summed E-state index contributed by atoms with van der Waals surface area (Å²) in [5.74, 6) is 0. The molecule has 3 aromatic rings. The maximum atomic E-state index is 4.51. The van der Waals surface area contributed by atoms with E-state index in [1.165, 1.54) is 16.5 Å². The molecule has 0 saturated carbocycles. The van der Waals surface area contributed by atoms with Crippen LogP contribution in [0.3, 0.4) is 0 Å². The van der Waals surface area contributed by atoms with Gasteiger partial charge in [-0.3, -0.25) is 9.97 Å². The summed E-state index contributed by atoms with van der Waals surface area (Å²) in [7, 11) is 0. The lowest BCUT2D eigenvalue weighted by Gasteiger charge is -2.06. The number of hydrogen-bond acceptors (Lipinski definition) is 2. The second-order valence-electron chi connectivity index (χ2n) is 4.10. The normalized spacial score (nSPS) is 11.1. The number of pyridine rings is 2. The highest BCUT2D eigenvalue weighted by Crippen LogP contribution is 2.25. The summed E-state index contributed by atoms with van der Waals surface area (Å²) in [4.78, 5) is 8.92. The SMILES string of the molecule is Cc1cnc2c(ccc3cccnc32)c1C. The van der Waals surface area contributed by atoms with Crippen LogP contribution in [-0.4, -0.2) is 9.97 Å². The lowest BCUT2D eigenvalue weighted by Crippen LogP contribution is -1.90. The van der Waals surface area contributed by atoms with Crippen LogP contribution in [0.5, 0.6) is 0 Å². The molecule has 0 aliphatic carbocycles. The molecule has 2 aromatic heterocycles. The van der Waals surface area contributed by atoms with E-state index >= 15 is 0 Å². The molecule has 2 nitrogen and oxygen atoms in total. The van der Waals surface area contributed by atoms with E-state index in [0.717, 1.165) is 16.4 Å². The van der Waals surface area contributed by atoms with Gasteiger partial charge in [-0.2, -0.15) is 0 Å². The van der Waals surface area contributed by atoms with Gasteiger partial charge < -0.3 is 0 Å². The molecule has 0 bridgehead atoms. The first-order valence-electron chi connectivity index (χ1n) is 5.37. The first-order valence-corrected chi connectivity index (χ1v) is 5.37. The van der Waals surface area contributed by atoms with Crippen molar-refractivity contribution >= 4 is 21.8 Å². The van der Waals surface area contributed by atoms with Crippen molar-refractivity contribution in [2.24, 2.45) is 0 Å². The van der Waals surface area contributed by atoms with Crippen molar-refractivity contribution in [2.75, 3.05) is 0 Å². The number of aryl methyl sites for hydroxylation is 2. The third-order valence-corrected chi connectivity index (χ3v) is 3.13. The number of benzene rings is 1. The van der Waals surface area contributed by atoms with Crippen LogP contribution in [0.1, 0.15) is 11.1 Å². The molecule has 16 heavy (non-hydrogen) atoms. The molecular formula is C14H12N2. The Morgan fingerprint density at radius 1 is 0.938 bits per heavy atom. The standard InChI is InChI=1S/C14H12N2/c1-9-8-16-14-12(10(9)2)6-5-11-4-3-7-15-13(11)14/h3-8H,1-2H3. The van der Waals surface area contributed by atoms with Gasteiger partial charge in [0.2, 0.25) is 0 Å². The van der Waals surface area contributed by atoms with Crippen LogP contribution < -0.4 is 0 Å². The summed E-state index contributed by atoms with van der Waals surface area (Å²) in [5.41, 5.74) is 4.50. The van der Waals surface area contributed by atoms with Gasteiger partial charge in [-0.25, -0.2) is 0 Å². The first-order chi connectivity index (χ1) is 7.77. The van der Waals surface area contributed by atoms with E-state index in [1.807, 2.05) is 18.5 Å². The van der Waals surface area contributed by atoms with E-state index in [2.05, 4.69) is 42.0 Å². The second-order valence-corrected chi connectivity index (χ2v) is 4.10. The molecule has 0 radical (unpaired) electrons. The predicted molar refractivity (Wildman–Crippen MR) is 66.5 cm³/mol. The minimum atomic E-state index is 0.989. The lowest BCUT2D eigenvalue weighted by atomic mass is 10.0. The molecule has 0 aliphatic rings. The first kappa shape index (κ1) is 9.28. The molecule has 3 rings (SSSR count). The molecular weight excluding hydrogens is 196 g/mol. The van der Waals surface area contributed by atoms with Gasteiger partial charge in [0.15, 0.2) is 0 Å². The van der Waals surface area contributed by atoms with Gasteiger partial charge >= 0.3 is 0 Å². The highest BCUT2D eigenvalue weighted by molar-refractivity contribution is 6.03. The minimum absolute atomic E-state index is 0.989. The van der Waals surface area contributed by atoms with Crippen molar-refractivity contribution in [3.05, 3.63) is 47.8 Å². The average molecular weight is 208 g/mol. The molecule has 0 amide bonds. The van der Waals surface area contributed by atoms with Gasteiger partial charge in [-0.15, -0.1) is 0 Å². The van der Waals surface area contributed by atoms with Crippen molar-refractivity contribution in [3.8, 4) is 0 Å². The van der Waals surface area contributed by atoms with Crippen molar-refractivity contribution in [2.45, 2.75) is 13.8 Å². The number of hydrogen-bond donors (Lipinski definition) is 0. The van der Waals surface area contributed by atoms with Crippen LogP contribution in [0.4, 0.5) is 0 Å². The van der Waals surface area contributed by atoms with Crippen LogP contribution in [-0.2, 0) is 0 Å². The van der Waals surface area contributed by atoms with Gasteiger partial charge in [-0.05, 0) is 31.0 Å². The van der Waals surface area contributed by atoms with Gasteiger partial charge in [0, 0.05) is 23.2 Å². The molecule has 0 saturated heterocycles. The zero-order valence-corrected chi connectivity index (χ0v) is 9.36. The summed E-state index contributed by atoms with van der Waals surface area (Å²) in [6, 6.07) is 8.27. The van der Waals surface area contributed by atoms with E-state index in [-0.39, 0.29) is 0 Å². The zero-order valence-electron chi connectivity index (χ0n) is 9.36. The molecule has 0 unspecified atom stereocenters. The summed E-state index contributed by atoms with van der Waals surface area (Å²) in [6.07, 6.45) is 3.74. The van der Waals surface area contributed by atoms with Crippen LogP contribution in [0.2, 0.25) is 0 Å². The Hall–Kier alpha value is -1.96. The van der Waals surface area contributed by atoms with Crippen LogP contribution in [0.25, 0.3) is 21.8 Å². The van der Waals surface area contributed by atoms with E-state index in [9.17, 15) is 0 Å². The molecule has 0 fully saturated rings. The summed E-state index contributed by atoms with van der Waals surface area (Å²) in [5, 5.41) is 2.34. The minimum Gasteiger partial charge on any atom is -0.254 e. The topological polar surface area (TPSA) is 25.8 Å². The number of rotatable bonds is 0. The fraction of sp³-hybridized carbons (Fsp3) is 0.143. The Bertz CT molecular complexity index is 687. The molecule has 1 aromatic carbocycles. The Morgan fingerprint density at radius 3 is 2.69 bits per heavy atom. The van der Waals surface area contributed by atoms with Crippen molar-refractivity contribution in [3.63, 3.8) is 0 Å². The monoisotopic (exact) mass is 208 g/mol. The Balaban J connectivity index is 2.58. The van der Waals surface area contributed by atoms with Gasteiger partial charge in [-0.1, -0.05) is 18.2 Å². The van der Waals surface area contributed by atoms with E-state index in [0.29, 0.717) is 0 Å². The largest absolute Gasteiger partial charge is 0.254 e.